The standard InChI is InChI=1S/C36H42N2O4/c1-5-6-12-31(39)37-23-20-36(21-24-37,28-10-8-7-9-11-28)33(42)38-22-18-30-34(2,3)29(17-19-35(30,4)25-38)26-13-15-27(16-14-26)32(40)41/h5,7-11,13-18H,1,6,12,19-25H2,2-4H3,(H,40,41)/t35-/m1/s1. The number of likely N-dealkylation sites (tertiary alicyclic amines) is 1. The molecule has 2 aliphatic heterocycles. The van der Waals surface area contributed by atoms with Crippen LogP contribution in [0.4, 0.5) is 0 Å². The molecule has 2 heterocycles. The molecule has 1 fully saturated rings. The van der Waals surface area contributed by atoms with Crippen molar-refractivity contribution < 1.29 is 19.5 Å². The summed E-state index contributed by atoms with van der Waals surface area (Å²) in [6.45, 7) is 12.8. The molecule has 5 rings (SSSR count). The summed E-state index contributed by atoms with van der Waals surface area (Å²) in [5.74, 6) is -0.643. The van der Waals surface area contributed by atoms with Crippen molar-refractivity contribution in [2.24, 2.45) is 10.8 Å². The summed E-state index contributed by atoms with van der Waals surface area (Å²) in [5, 5.41) is 9.32. The second kappa shape index (κ2) is 11.4. The molecule has 0 saturated carbocycles. The van der Waals surface area contributed by atoms with Gasteiger partial charge in [-0.05, 0) is 54.5 Å². The Morgan fingerprint density at radius 1 is 0.929 bits per heavy atom. The first-order valence-corrected chi connectivity index (χ1v) is 15.0. The van der Waals surface area contributed by atoms with Gasteiger partial charge < -0.3 is 14.9 Å². The number of fused-ring (bicyclic) bond motifs is 1. The van der Waals surface area contributed by atoms with Crippen LogP contribution in [0.2, 0.25) is 0 Å². The molecule has 1 saturated heterocycles. The maximum atomic E-state index is 14.6. The van der Waals surface area contributed by atoms with E-state index in [9.17, 15) is 19.5 Å². The number of benzene rings is 2. The van der Waals surface area contributed by atoms with Crippen molar-refractivity contribution in [2.75, 3.05) is 26.2 Å². The molecule has 220 valence electrons. The topological polar surface area (TPSA) is 77.9 Å². The SMILES string of the molecule is C=CCCC(=O)N1CCC(C(=O)N2CC=C3C(C)(C)C(c4ccc(C(=O)O)cc4)=CC[C@]3(C)C2)(c2ccccc2)CC1. The van der Waals surface area contributed by atoms with Crippen LogP contribution in [0.25, 0.3) is 5.57 Å². The minimum Gasteiger partial charge on any atom is -0.478 e. The van der Waals surface area contributed by atoms with Gasteiger partial charge in [0.1, 0.15) is 0 Å². The molecule has 2 amide bonds. The lowest BCUT2D eigenvalue weighted by Crippen LogP contribution is -2.57. The van der Waals surface area contributed by atoms with Crippen molar-refractivity contribution in [3.8, 4) is 0 Å². The van der Waals surface area contributed by atoms with Crippen molar-refractivity contribution in [3.05, 3.63) is 102 Å². The molecule has 3 aliphatic rings. The summed E-state index contributed by atoms with van der Waals surface area (Å²) in [6.07, 6.45) is 9.46. The Hall–Kier alpha value is -3.93. The second-order valence-electron chi connectivity index (χ2n) is 12.8. The second-order valence-corrected chi connectivity index (χ2v) is 12.8. The van der Waals surface area contributed by atoms with Crippen molar-refractivity contribution in [1.82, 2.24) is 9.80 Å². The van der Waals surface area contributed by atoms with E-state index >= 15 is 0 Å². The lowest BCUT2D eigenvalue weighted by molar-refractivity contribution is -0.144. The summed E-state index contributed by atoms with van der Waals surface area (Å²) in [5.41, 5.74) is 3.74. The predicted molar refractivity (Wildman–Crippen MR) is 166 cm³/mol. The third kappa shape index (κ3) is 5.23. The molecule has 6 nitrogen and oxygen atoms in total. The Labute approximate surface area is 249 Å². The Bertz CT molecular complexity index is 1430. The van der Waals surface area contributed by atoms with Crippen LogP contribution in [0, 0.1) is 10.8 Å². The normalized spacial score (nSPS) is 22.8. The number of carbonyl (C=O) groups is 3. The first-order valence-electron chi connectivity index (χ1n) is 15.0. The maximum Gasteiger partial charge on any atom is 0.335 e. The highest BCUT2D eigenvalue weighted by atomic mass is 16.4. The number of carboxylic acids is 1. The van der Waals surface area contributed by atoms with Crippen LogP contribution in [0.15, 0.2) is 85.0 Å². The summed E-state index contributed by atoms with van der Waals surface area (Å²) in [7, 11) is 0. The highest BCUT2D eigenvalue weighted by molar-refractivity contribution is 5.90. The van der Waals surface area contributed by atoms with Crippen LogP contribution in [0.3, 0.4) is 0 Å². The van der Waals surface area contributed by atoms with Gasteiger partial charge in [-0.2, -0.15) is 0 Å². The molecular weight excluding hydrogens is 524 g/mol. The van der Waals surface area contributed by atoms with E-state index in [-0.39, 0.29) is 28.2 Å². The smallest absolute Gasteiger partial charge is 0.335 e. The lowest BCUT2D eigenvalue weighted by Gasteiger charge is -2.52. The predicted octanol–water partition coefficient (Wildman–Crippen LogP) is 6.50. The number of rotatable bonds is 7. The fourth-order valence-corrected chi connectivity index (χ4v) is 7.56. The monoisotopic (exact) mass is 566 g/mol. The van der Waals surface area contributed by atoms with Gasteiger partial charge in [0.05, 0.1) is 11.0 Å². The molecule has 1 N–H and O–H groups in total. The van der Waals surface area contributed by atoms with Crippen molar-refractivity contribution in [2.45, 2.75) is 58.3 Å². The molecular formula is C36H42N2O4. The molecule has 0 aromatic heterocycles. The van der Waals surface area contributed by atoms with Gasteiger partial charge in [-0.3, -0.25) is 9.59 Å². The molecule has 0 spiro atoms. The molecule has 0 unspecified atom stereocenters. The number of allylic oxidation sites excluding steroid dienone is 3. The number of amides is 2. The summed E-state index contributed by atoms with van der Waals surface area (Å²) < 4.78 is 0. The van der Waals surface area contributed by atoms with E-state index in [2.05, 4.69) is 51.6 Å². The Balaban J connectivity index is 1.40. The molecule has 6 heteroatoms. The maximum absolute atomic E-state index is 14.6. The number of piperidine rings is 1. The van der Waals surface area contributed by atoms with Crippen molar-refractivity contribution in [3.63, 3.8) is 0 Å². The third-order valence-corrected chi connectivity index (χ3v) is 9.81. The molecule has 2 aromatic carbocycles. The van der Waals surface area contributed by atoms with Crippen molar-refractivity contribution >= 4 is 23.4 Å². The van der Waals surface area contributed by atoms with Gasteiger partial charge in [-0.1, -0.05) is 87.0 Å². The quantitative estimate of drug-likeness (QED) is 0.388. The van der Waals surface area contributed by atoms with Crippen molar-refractivity contribution in [1.29, 1.82) is 0 Å². The average Bonchev–Trinajstić information content (AvgIpc) is 2.99. The van der Waals surface area contributed by atoms with E-state index in [1.807, 2.05) is 40.1 Å². The molecule has 1 aliphatic carbocycles. The van der Waals surface area contributed by atoms with Gasteiger partial charge in [-0.25, -0.2) is 4.79 Å². The van der Waals surface area contributed by atoms with Crippen LogP contribution in [-0.4, -0.2) is 58.9 Å². The highest BCUT2D eigenvalue weighted by Gasteiger charge is 2.50. The fraction of sp³-hybridized carbons (Fsp3) is 0.417. The molecule has 0 bridgehead atoms. The van der Waals surface area contributed by atoms with E-state index in [0.29, 0.717) is 51.9 Å². The van der Waals surface area contributed by atoms with Gasteiger partial charge in [0.15, 0.2) is 0 Å². The highest BCUT2D eigenvalue weighted by Crippen LogP contribution is 2.55. The fourth-order valence-electron chi connectivity index (χ4n) is 7.56. The summed E-state index contributed by atoms with van der Waals surface area (Å²) in [6, 6.07) is 17.2. The van der Waals surface area contributed by atoms with E-state index in [1.54, 1.807) is 18.2 Å². The number of hydrogen-bond acceptors (Lipinski definition) is 3. The summed E-state index contributed by atoms with van der Waals surface area (Å²) in [4.78, 5) is 42.7. The molecule has 1 atom stereocenters. The third-order valence-electron chi connectivity index (χ3n) is 9.81. The minimum absolute atomic E-state index is 0.131. The molecule has 42 heavy (non-hydrogen) atoms. The average molecular weight is 567 g/mol. The van der Waals surface area contributed by atoms with Gasteiger partial charge in [0, 0.05) is 43.4 Å². The van der Waals surface area contributed by atoms with Crippen LogP contribution >= 0.6 is 0 Å². The van der Waals surface area contributed by atoms with Crippen LogP contribution in [0.5, 0.6) is 0 Å². The van der Waals surface area contributed by atoms with E-state index < -0.39 is 11.4 Å². The number of hydrogen-bond donors (Lipinski definition) is 1. The van der Waals surface area contributed by atoms with Gasteiger partial charge in [-0.15, -0.1) is 6.58 Å². The number of carbonyl (C=O) groups excluding carboxylic acids is 2. The summed E-state index contributed by atoms with van der Waals surface area (Å²) >= 11 is 0. The molecule has 2 aromatic rings. The first kappa shape index (κ1) is 29.6. The van der Waals surface area contributed by atoms with Gasteiger partial charge in [0.2, 0.25) is 11.8 Å². The number of aromatic carboxylic acids is 1. The molecule has 0 radical (unpaired) electrons. The first-order chi connectivity index (χ1) is 20.0. The van der Waals surface area contributed by atoms with Crippen LogP contribution in [0.1, 0.15) is 74.4 Å². The number of nitrogens with zero attached hydrogens (tertiary/aromatic N) is 2. The van der Waals surface area contributed by atoms with E-state index in [1.165, 1.54) is 11.1 Å². The minimum atomic E-state index is -0.927. The van der Waals surface area contributed by atoms with Gasteiger partial charge >= 0.3 is 5.97 Å². The lowest BCUT2D eigenvalue weighted by atomic mass is 9.58. The van der Waals surface area contributed by atoms with Crippen LogP contribution in [-0.2, 0) is 15.0 Å². The zero-order valence-electron chi connectivity index (χ0n) is 25.1. The van der Waals surface area contributed by atoms with Crippen LogP contribution < -0.4 is 0 Å². The van der Waals surface area contributed by atoms with Gasteiger partial charge in [0.25, 0.3) is 0 Å². The largest absolute Gasteiger partial charge is 0.478 e. The Morgan fingerprint density at radius 3 is 2.21 bits per heavy atom. The van der Waals surface area contributed by atoms with E-state index in [0.717, 1.165) is 17.5 Å². The zero-order chi connectivity index (χ0) is 30.1. The Morgan fingerprint density at radius 2 is 1.60 bits per heavy atom. The number of carboxylic acid groups (broad SMARTS) is 1. The Kier molecular flexibility index (Phi) is 8.02. The zero-order valence-corrected chi connectivity index (χ0v) is 25.1. The van der Waals surface area contributed by atoms with E-state index in [4.69, 9.17) is 0 Å².